The van der Waals surface area contributed by atoms with Crippen LogP contribution in [0, 0.1) is 16.7 Å². The van der Waals surface area contributed by atoms with E-state index in [0.717, 1.165) is 31.2 Å². The third-order valence-electron chi connectivity index (χ3n) is 6.10. The van der Waals surface area contributed by atoms with Gasteiger partial charge in [-0.15, -0.1) is 0 Å². The second-order valence-electron chi connectivity index (χ2n) is 10.3. The zero-order chi connectivity index (χ0) is 24.9. The van der Waals surface area contributed by atoms with E-state index in [1.54, 1.807) is 36.4 Å². The van der Waals surface area contributed by atoms with Crippen LogP contribution >= 0.6 is 11.6 Å². The van der Waals surface area contributed by atoms with Crippen LogP contribution < -0.4 is 11.1 Å². The van der Waals surface area contributed by atoms with Gasteiger partial charge in [-0.25, -0.2) is 0 Å². The molecular weight excluding hydrogens is 448 g/mol. The summed E-state index contributed by atoms with van der Waals surface area (Å²) in [4.78, 5) is 27.9. The van der Waals surface area contributed by atoms with Crippen LogP contribution in [0.2, 0.25) is 5.02 Å². The third kappa shape index (κ3) is 7.06. The Morgan fingerprint density at radius 1 is 1.12 bits per heavy atom. The summed E-state index contributed by atoms with van der Waals surface area (Å²) in [6.45, 7) is 6.57. The van der Waals surface area contributed by atoms with Gasteiger partial charge in [-0.1, -0.05) is 32.4 Å². The molecule has 0 aliphatic heterocycles. The van der Waals surface area contributed by atoms with Crippen molar-refractivity contribution in [1.82, 2.24) is 4.90 Å². The first-order valence-corrected chi connectivity index (χ1v) is 12.1. The Labute approximate surface area is 207 Å². The summed E-state index contributed by atoms with van der Waals surface area (Å²) >= 11 is 6.53. The van der Waals surface area contributed by atoms with Crippen LogP contribution in [0.4, 0.5) is 5.69 Å². The highest BCUT2D eigenvalue weighted by molar-refractivity contribution is 6.31. The first-order chi connectivity index (χ1) is 16.1. The van der Waals surface area contributed by atoms with Crippen molar-refractivity contribution in [2.24, 2.45) is 11.1 Å². The van der Waals surface area contributed by atoms with Crippen molar-refractivity contribution in [2.75, 3.05) is 5.32 Å². The third-order valence-corrected chi connectivity index (χ3v) is 6.47. The number of hydrogen-bond donors (Lipinski definition) is 2. The number of benzene rings is 2. The largest absolute Gasteiger partial charge is 0.335 e. The molecule has 180 valence electrons. The number of nitrogens with two attached hydrogens (primary N) is 1. The number of hydrogen-bond acceptors (Lipinski definition) is 4. The molecule has 0 aromatic heterocycles. The Bertz CT molecular complexity index is 1060. The maximum atomic E-state index is 13.3. The Hall–Kier alpha value is -2.88. The average Bonchev–Trinajstić information content (AvgIpc) is 2.79. The lowest BCUT2D eigenvalue weighted by molar-refractivity contribution is -0.137. The molecule has 3 N–H and O–H groups in total. The van der Waals surface area contributed by atoms with Crippen LogP contribution in [0.25, 0.3) is 0 Å². The minimum absolute atomic E-state index is 0.107. The SMILES string of the molecule is CC(C)(C)CC(=O)N(Cc1cc(NC(=O)c2ccc(C#N)cc2)ccc1Cl)C1CCC(N)CC1. The fourth-order valence-corrected chi connectivity index (χ4v) is 4.42. The fraction of sp³-hybridized carbons (Fsp3) is 0.444. The predicted octanol–water partition coefficient (Wildman–Crippen LogP) is 5.50. The topological polar surface area (TPSA) is 99.2 Å². The van der Waals surface area contributed by atoms with Gasteiger partial charge in [-0.2, -0.15) is 5.26 Å². The standard InChI is InChI=1S/C27H33ClN4O2/c1-27(2,3)15-25(33)32(23-11-8-21(30)9-12-23)17-20-14-22(10-13-24(20)28)31-26(34)19-6-4-18(16-29)5-7-19/h4-7,10,13-14,21,23H,8-9,11-12,15,17,30H2,1-3H3,(H,31,34). The molecule has 1 aliphatic rings. The number of halogens is 1. The quantitative estimate of drug-likeness (QED) is 0.570. The number of amides is 2. The van der Waals surface area contributed by atoms with Gasteiger partial charge in [0.15, 0.2) is 0 Å². The first-order valence-electron chi connectivity index (χ1n) is 11.7. The van der Waals surface area contributed by atoms with E-state index >= 15 is 0 Å². The first kappa shape index (κ1) is 25.7. The molecular formula is C27H33ClN4O2. The smallest absolute Gasteiger partial charge is 0.255 e. The molecule has 0 radical (unpaired) electrons. The zero-order valence-corrected chi connectivity index (χ0v) is 20.9. The molecule has 0 saturated heterocycles. The van der Waals surface area contributed by atoms with Crippen LogP contribution in [-0.4, -0.2) is 28.8 Å². The van der Waals surface area contributed by atoms with Gasteiger partial charge < -0.3 is 16.0 Å². The van der Waals surface area contributed by atoms with Gasteiger partial charge in [0.1, 0.15) is 0 Å². The van der Waals surface area contributed by atoms with Crippen molar-refractivity contribution in [3.05, 3.63) is 64.2 Å². The number of nitrogens with one attached hydrogen (secondary N) is 1. The van der Waals surface area contributed by atoms with Gasteiger partial charge in [-0.3, -0.25) is 9.59 Å². The lowest BCUT2D eigenvalue weighted by Crippen LogP contribution is -2.44. The number of carbonyl (C=O) groups excluding carboxylic acids is 2. The second-order valence-corrected chi connectivity index (χ2v) is 10.7. The Kier molecular flexibility index (Phi) is 8.35. The van der Waals surface area contributed by atoms with E-state index in [-0.39, 0.29) is 29.3 Å². The molecule has 0 atom stereocenters. The normalized spacial score (nSPS) is 18.1. The average molecular weight is 481 g/mol. The van der Waals surface area contributed by atoms with E-state index in [4.69, 9.17) is 22.6 Å². The zero-order valence-electron chi connectivity index (χ0n) is 20.1. The van der Waals surface area contributed by atoms with E-state index in [9.17, 15) is 9.59 Å². The Morgan fingerprint density at radius 2 is 1.76 bits per heavy atom. The van der Waals surface area contributed by atoms with Crippen LogP contribution in [0.15, 0.2) is 42.5 Å². The molecule has 2 amide bonds. The molecule has 6 nitrogen and oxygen atoms in total. The molecule has 0 bridgehead atoms. The van der Waals surface area contributed by atoms with Crippen molar-refractivity contribution in [2.45, 2.75) is 71.5 Å². The second kappa shape index (κ2) is 11.0. The van der Waals surface area contributed by atoms with Crippen molar-refractivity contribution in [1.29, 1.82) is 5.26 Å². The van der Waals surface area contributed by atoms with Crippen LogP contribution in [0.1, 0.15) is 74.4 Å². The number of anilines is 1. The minimum Gasteiger partial charge on any atom is -0.335 e. The Morgan fingerprint density at radius 3 is 2.35 bits per heavy atom. The van der Waals surface area contributed by atoms with Crippen molar-refractivity contribution in [3.63, 3.8) is 0 Å². The van der Waals surface area contributed by atoms with Gasteiger partial charge in [-0.05, 0) is 79.1 Å². The minimum atomic E-state index is -0.278. The van der Waals surface area contributed by atoms with E-state index < -0.39 is 0 Å². The molecule has 1 fully saturated rings. The van der Waals surface area contributed by atoms with Gasteiger partial charge >= 0.3 is 0 Å². The number of carbonyl (C=O) groups is 2. The monoisotopic (exact) mass is 480 g/mol. The molecule has 2 aromatic rings. The molecule has 34 heavy (non-hydrogen) atoms. The van der Waals surface area contributed by atoms with Crippen molar-refractivity contribution >= 4 is 29.1 Å². The van der Waals surface area contributed by atoms with Crippen LogP contribution in [0.5, 0.6) is 0 Å². The maximum absolute atomic E-state index is 13.3. The molecule has 0 heterocycles. The summed E-state index contributed by atoms with van der Waals surface area (Å²) in [6.07, 6.45) is 4.01. The highest BCUT2D eigenvalue weighted by atomic mass is 35.5. The number of nitriles is 1. The van der Waals surface area contributed by atoms with Crippen molar-refractivity contribution in [3.8, 4) is 6.07 Å². The fourth-order valence-electron chi connectivity index (χ4n) is 4.25. The van der Waals surface area contributed by atoms with Crippen molar-refractivity contribution < 1.29 is 9.59 Å². The Balaban J connectivity index is 1.80. The van der Waals surface area contributed by atoms with Crippen LogP contribution in [-0.2, 0) is 11.3 Å². The van der Waals surface area contributed by atoms with Gasteiger partial charge in [0.05, 0.1) is 11.6 Å². The molecule has 7 heteroatoms. The van der Waals surface area contributed by atoms with E-state index in [1.165, 1.54) is 0 Å². The summed E-state index contributed by atoms with van der Waals surface area (Å²) in [6, 6.07) is 14.1. The van der Waals surface area contributed by atoms with Gasteiger partial charge in [0.2, 0.25) is 5.91 Å². The summed E-state index contributed by atoms with van der Waals surface area (Å²) < 4.78 is 0. The van der Waals surface area contributed by atoms with E-state index in [2.05, 4.69) is 26.1 Å². The lowest BCUT2D eigenvalue weighted by Gasteiger charge is -2.37. The predicted molar refractivity (Wildman–Crippen MR) is 135 cm³/mol. The summed E-state index contributed by atoms with van der Waals surface area (Å²) in [5.41, 5.74) is 8.31. The molecule has 1 saturated carbocycles. The number of nitrogens with zero attached hydrogens (tertiary/aromatic N) is 2. The molecule has 3 rings (SSSR count). The highest BCUT2D eigenvalue weighted by Crippen LogP contribution is 2.30. The molecule has 2 aromatic carbocycles. The molecule has 0 spiro atoms. The molecule has 1 aliphatic carbocycles. The highest BCUT2D eigenvalue weighted by Gasteiger charge is 2.30. The van der Waals surface area contributed by atoms with E-state index in [0.29, 0.717) is 34.8 Å². The van der Waals surface area contributed by atoms with Gasteiger partial charge in [0.25, 0.3) is 5.91 Å². The lowest BCUT2D eigenvalue weighted by atomic mass is 9.88. The maximum Gasteiger partial charge on any atom is 0.255 e. The number of rotatable bonds is 6. The van der Waals surface area contributed by atoms with Gasteiger partial charge in [0, 0.05) is 41.3 Å². The summed E-state index contributed by atoms with van der Waals surface area (Å²) in [5, 5.41) is 12.4. The van der Waals surface area contributed by atoms with Crippen LogP contribution in [0.3, 0.4) is 0 Å². The van der Waals surface area contributed by atoms with E-state index in [1.807, 2.05) is 17.0 Å². The summed E-state index contributed by atoms with van der Waals surface area (Å²) in [5.74, 6) is -0.171. The molecule has 0 unspecified atom stereocenters. The summed E-state index contributed by atoms with van der Waals surface area (Å²) in [7, 11) is 0.